The van der Waals surface area contributed by atoms with Gasteiger partial charge in [-0.1, -0.05) is 30.3 Å². The molecule has 1 N–H and O–H groups in total. The van der Waals surface area contributed by atoms with Crippen LogP contribution in [-0.2, 0) is 16.1 Å². The molecule has 0 saturated carbocycles. The van der Waals surface area contributed by atoms with E-state index in [4.69, 9.17) is 9.47 Å². The van der Waals surface area contributed by atoms with Crippen LogP contribution in [0.3, 0.4) is 0 Å². The van der Waals surface area contributed by atoms with Gasteiger partial charge < -0.3 is 19.7 Å². The van der Waals surface area contributed by atoms with E-state index >= 15 is 0 Å². The Labute approximate surface area is 133 Å². The maximum absolute atomic E-state index is 5.67. The average Bonchev–Trinajstić information content (AvgIpc) is 3.04. The summed E-state index contributed by atoms with van der Waals surface area (Å²) in [5, 5.41) is 3.34. The molecule has 0 amide bonds. The molecule has 22 heavy (non-hydrogen) atoms. The molecule has 1 saturated heterocycles. The number of hydrogen-bond donors (Lipinski definition) is 1. The Kier molecular flexibility index (Phi) is 7.19. The van der Waals surface area contributed by atoms with Crippen molar-refractivity contribution in [3.63, 3.8) is 0 Å². The van der Waals surface area contributed by atoms with Gasteiger partial charge in [0.2, 0.25) is 0 Å². The molecule has 1 aliphatic rings. The molecule has 1 heterocycles. The summed E-state index contributed by atoms with van der Waals surface area (Å²) in [7, 11) is 3.88. The lowest BCUT2D eigenvalue weighted by atomic mass is 10.1. The highest BCUT2D eigenvalue weighted by Crippen LogP contribution is 2.13. The first-order valence-electron chi connectivity index (χ1n) is 7.91. The number of nitrogens with zero attached hydrogens (tertiary/aromatic N) is 2. The van der Waals surface area contributed by atoms with Crippen LogP contribution in [0.1, 0.15) is 12.0 Å². The number of guanidine groups is 1. The fraction of sp³-hybridized carbons (Fsp3) is 0.588. The molecule has 0 aliphatic carbocycles. The molecule has 5 nitrogen and oxygen atoms in total. The van der Waals surface area contributed by atoms with E-state index in [1.807, 2.05) is 25.2 Å². The van der Waals surface area contributed by atoms with Gasteiger partial charge in [-0.05, 0) is 12.0 Å². The summed E-state index contributed by atoms with van der Waals surface area (Å²) in [6.07, 6.45) is 1.14. The van der Waals surface area contributed by atoms with Gasteiger partial charge >= 0.3 is 0 Å². The van der Waals surface area contributed by atoms with Gasteiger partial charge in [0.25, 0.3) is 0 Å². The van der Waals surface area contributed by atoms with Gasteiger partial charge in [0.15, 0.2) is 5.96 Å². The Hall–Kier alpha value is -1.59. The van der Waals surface area contributed by atoms with Gasteiger partial charge in [-0.3, -0.25) is 4.99 Å². The molecule has 1 atom stereocenters. The van der Waals surface area contributed by atoms with Crippen molar-refractivity contribution in [2.75, 3.05) is 47.0 Å². The highest BCUT2D eigenvalue weighted by molar-refractivity contribution is 5.79. The van der Waals surface area contributed by atoms with Crippen molar-refractivity contribution in [3.05, 3.63) is 35.9 Å². The molecule has 1 aromatic carbocycles. The van der Waals surface area contributed by atoms with Gasteiger partial charge in [-0.15, -0.1) is 0 Å². The first-order valence-corrected chi connectivity index (χ1v) is 7.91. The zero-order chi connectivity index (χ0) is 15.6. The third-order valence-corrected chi connectivity index (χ3v) is 3.77. The number of hydrogen-bond acceptors (Lipinski definition) is 3. The molecule has 5 heteroatoms. The van der Waals surface area contributed by atoms with Crippen LogP contribution in [0.15, 0.2) is 35.3 Å². The Bertz CT molecular complexity index is 444. The smallest absolute Gasteiger partial charge is 0.193 e. The molecule has 0 spiro atoms. The second-order valence-electron chi connectivity index (χ2n) is 5.62. The molecule has 1 aliphatic heterocycles. The van der Waals surface area contributed by atoms with Crippen molar-refractivity contribution in [1.82, 2.24) is 10.2 Å². The monoisotopic (exact) mass is 305 g/mol. The standard InChI is InChI=1S/C17H27N3O2/c1-18-17(20(2)12-16-8-10-21-14-16)19-9-11-22-13-15-6-4-3-5-7-15/h3-7,16H,8-14H2,1-2H3,(H,18,19). The number of rotatable bonds is 7. The number of benzene rings is 1. The lowest BCUT2D eigenvalue weighted by Gasteiger charge is -2.24. The van der Waals surface area contributed by atoms with Crippen LogP contribution in [0.2, 0.25) is 0 Å². The highest BCUT2D eigenvalue weighted by atomic mass is 16.5. The summed E-state index contributed by atoms with van der Waals surface area (Å²) in [6, 6.07) is 10.2. The summed E-state index contributed by atoms with van der Waals surface area (Å²) >= 11 is 0. The first-order chi connectivity index (χ1) is 10.8. The molecule has 122 valence electrons. The van der Waals surface area contributed by atoms with Crippen LogP contribution in [-0.4, -0.2) is 57.9 Å². The second-order valence-corrected chi connectivity index (χ2v) is 5.62. The molecule has 2 rings (SSSR count). The van der Waals surface area contributed by atoms with Gasteiger partial charge in [0.1, 0.15) is 0 Å². The second kappa shape index (κ2) is 9.43. The van der Waals surface area contributed by atoms with E-state index in [1.54, 1.807) is 0 Å². The van der Waals surface area contributed by atoms with Crippen LogP contribution in [0.4, 0.5) is 0 Å². The van der Waals surface area contributed by atoms with E-state index in [0.717, 1.165) is 38.7 Å². The fourth-order valence-corrected chi connectivity index (χ4v) is 2.59. The molecule has 1 aromatic rings. The van der Waals surface area contributed by atoms with Gasteiger partial charge in [0, 0.05) is 39.7 Å². The predicted molar refractivity (Wildman–Crippen MR) is 89.0 cm³/mol. The van der Waals surface area contributed by atoms with Crippen molar-refractivity contribution >= 4 is 5.96 Å². The molecule has 0 bridgehead atoms. The van der Waals surface area contributed by atoms with E-state index in [-0.39, 0.29) is 0 Å². The molecule has 0 radical (unpaired) electrons. The van der Waals surface area contributed by atoms with E-state index in [0.29, 0.717) is 19.1 Å². The lowest BCUT2D eigenvalue weighted by molar-refractivity contribution is 0.125. The van der Waals surface area contributed by atoms with E-state index < -0.39 is 0 Å². The number of aliphatic imine (C=N–C) groups is 1. The number of nitrogens with one attached hydrogen (secondary N) is 1. The van der Waals surface area contributed by atoms with Crippen LogP contribution < -0.4 is 5.32 Å². The van der Waals surface area contributed by atoms with Crippen molar-refractivity contribution in [2.45, 2.75) is 13.0 Å². The Morgan fingerprint density at radius 2 is 2.23 bits per heavy atom. The van der Waals surface area contributed by atoms with Crippen LogP contribution in [0, 0.1) is 5.92 Å². The molecular weight excluding hydrogens is 278 g/mol. The van der Waals surface area contributed by atoms with Crippen LogP contribution in [0.25, 0.3) is 0 Å². The van der Waals surface area contributed by atoms with Crippen LogP contribution >= 0.6 is 0 Å². The SMILES string of the molecule is CN=C(NCCOCc1ccccc1)N(C)CC1CCOC1. The van der Waals surface area contributed by atoms with Gasteiger partial charge in [-0.25, -0.2) is 0 Å². The van der Waals surface area contributed by atoms with Crippen molar-refractivity contribution in [3.8, 4) is 0 Å². The molecular formula is C17H27N3O2. The minimum atomic E-state index is 0.609. The van der Waals surface area contributed by atoms with E-state index in [2.05, 4.69) is 34.4 Å². The lowest BCUT2D eigenvalue weighted by Crippen LogP contribution is -2.42. The molecule has 1 unspecified atom stereocenters. The Morgan fingerprint density at radius 1 is 1.41 bits per heavy atom. The summed E-state index contributed by atoms with van der Waals surface area (Å²) in [5.74, 6) is 1.52. The van der Waals surface area contributed by atoms with Gasteiger partial charge in [-0.2, -0.15) is 0 Å². The van der Waals surface area contributed by atoms with Crippen molar-refractivity contribution in [2.24, 2.45) is 10.9 Å². The third-order valence-electron chi connectivity index (χ3n) is 3.77. The maximum atomic E-state index is 5.67. The van der Waals surface area contributed by atoms with Crippen molar-refractivity contribution < 1.29 is 9.47 Å². The first kappa shape index (κ1) is 16.8. The quantitative estimate of drug-likeness (QED) is 0.473. The van der Waals surface area contributed by atoms with Gasteiger partial charge in [0.05, 0.1) is 19.8 Å². The topological polar surface area (TPSA) is 46.1 Å². The largest absolute Gasteiger partial charge is 0.381 e. The summed E-state index contributed by atoms with van der Waals surface area (Å²) in [6.45, 7) is 4.79. The summed E-state index contributed by atoms with van der Waals surface area (Å²) in [4.78, 5) is 6.48. The van der Waals surface area contributed by atoms with E-state index in [9.17, 15) is 0 Å². The minimum absolute atomic E-state index is 0.609. The predicted octanol–water partition coefficient (Wildman–Crippen LogP) is 1.75. The maximum Gasteiger partial charge on any atom is 0.193 e. The number of ether oxygens (including phenoxy) is 2. The Morgan fingerprint density at radius 3 is 2.91 bits per heavy atom. The van der Waals surface area contributed by atoms with E-state index in [1.165, 1.54) is 5.56 Å². The zero-order valence-corrected chi connectivity index (χ0v) is 13.6. The molecule has 1 fully saturated rings. The van der Waals surface area contributed by atoms with Crippen LogP contribution in [0.5, 0.6) is 0 Å². The summed E-state index contributed by atoms with van der Waals surface area (Å²) in [5.41, 5.74) is 1.20. The van der Waals surface area contributed by atoms with Crippen molar-refractivity contribution in [1.29, 1.82) is 0 Å². The average molecular weight is 305 g/mol. The third kappa shape index (κ3) is 5.66. The zero-order valence-electron chi connectivity index (χ0n) is 13.6. The normalized spacial score (nSPS) is 18.5. The molecule has 0 aromatic heterocycles. The Balaban J connectivity index is 1.61. The summed E-state index contributed by atoms with van der Waals surface area (Å²) < 4.78 is 11.1. The fourth-order valence-electron chi connectivity index (χ4n) is 2.59. The highest BCUT2D eigenvalue weighted by Gasteiger charge is 2.18. The minimum Gasteiger partial charge on any atom is -0.381 e.